The van der Waals surface area contributed by atoms with Crippen LogP contribution in [0.25, 0.3) is 0 Å². The Balaban J connectivity index is 2.60. The Morgan fingerprint density at radius 1 is 1.50 bits per heavy atom. The smallest absolute Gasteiger partial charge is 0.261 e. The van der Waals surface area contributed by atoms with Gasteiger partial charge in [0.1, 0.15) is 5.75 Å². The van der Waals surface area contributed by atoms with Crippen molar-refractivity contribution in [3.05, 3.63) is 28.8 Å². The molecule has 2 atom stereocenters. The normalized spacial score (nSPS) is 13.8. The first-order chi connectivity index (χ1) is 8.43. The van der Waals surface area contributed by atoms with Gasteiger partial charge in [0.05, 0.1) is 6.61 Å². The Bertz CT molecular complexity index is 423. The predicted molar refractivity (Wildman–Crippen MR) is 71.0 cm³/mol. The number of hydrogen-bond donors (Lipinski definition) is 2. The van der Waals surface area contributed by atoms with Crippen LogP contribution in [-0.2, 0) is 4.79 Å². The van der Waals surface area contributed by atoms with Gasteiger partial charge >= 0.3 is 0 Å². The molecule has 1 amide bonds. The number of carbonyl (C=O) groups is 1. The molecule has 0 aliphatic carbocycles. The zero-order valence-electron chi connectivity index (χ0n) is 10.7. The summed E-state index contributed by atoms with van der Waals surface area (Å²) in [5.41, 5.74) is 0.894. The van der Waals surface area contributed by atoms with Crippen molar-refractivity contribution in [2.45, 2.75) is 32.9 Å². The lowest BCUT2D eigenvalue weighted by molar-refractivity contribution is -0.128. The van der Waals surface area contributed by atoms with Crippen LogP contribution in [0, 0.1) is 6.92 Å². The number of ether oxygens (including phenoxy) is 1. The molecule has 100 valence electrons. The highest BCUT2D eigenvalue weighted by molar-refractivity contribution is 6.31. The zero-order valence-corrected chi connectivity index (χ0v) is 11.5. The molecule has 0 saturated heterocycles. The van der Waals surface area contributed by atoms with Crippen molar-refractivity contribution in [3.63, 3.8) is 0 Å². The quantitative estimate of drug-likeness (QED) is 0.860. The minimum Gasteiger partial charge on any atom is -0.481 e. The third kappa shape index (κ3) is 4.20. The van der Waals surface area contributed by atoms with Crippen LogP contribution in [0.5, 0.6) is 5.75 Å². The SMILES string of the molecule is Cc1cc(OC(C)C(=O)NC(C)CO)ccc1Cl. The average molecular weight is 272 g/mol. The summed E-state index contributed by atoms with van der Waals surface area (Å²) < 4.78 is 5.51. The van der Waals surface area contributed by atoms with Gasteiger partial charge in [0.2, 0.25) is 0 Å². The number of benzene rings is 1. The van der Waals surface area contributed by atoms with E-state index < -0.39 is 6.10 Å². The molecule has 18 heavy (non-hydrogen) atoms. The highest BCUT2D eigenvalue weighted by atomic mass is 35.5. The second kappa shape index (κ2) is 6.61. The fourth-order valence-electron chi connectivity index (χ4n) is 1.35. The maximum Gasteiger partial charge on any atom is 0.261 e. The maximum atomic E-state index is 11.7. The fourth-order valence-corrected chi connectivity index (χ4v) is 1.47. The van der Waals surface area contributed by atoms with Gasteiger partial charge in [0, 0.05) is 11.1 Å². The number of amides is 1. The lowest BCUT2D eigenvalue weighted by Crippen LogP contribution is -2.42. The van der Waals surface area contributed by atoms with Crippen LogP contribution in [0.15, 0.2) is 18.2 Å². The summed E-state index contributed by atoms with van der Waals surface area (Å²) in [6.45, 7) is 5.15. The van der Waals surface area contributed by atoms with Crippen LogP contribution < -0.4 is 10.1 Å². The Morgan fingerprint density at radius 3 is 2.72 bits per heavy atom. The number of aryl methyl sites for hydroxylation is 1. The van der Waals surface area contributed by atoms with Crippen LogP contribution in [0.3, 0.4) is 0 Å². The number of carbonyl (C=O) groups excluding carboxylic acids is 1. The first kappa shape index (κ1) is 14.8. The zero-order chi connectivity index (χ0) is 13.7. The van der Waals surface area contributed by atoms with Crippen LogP contribution in [0.1, 0.15) is 19.4 Å². The summed E-state index contributed by atoms with van der Waals surface area (Å²) >= 11 is 5.90. The molecule has 0 radical (unpaired) electrons. The van der Waals surface area contributed by atoms with Crippen molar-refractivity contribution < 1.29 is 14.6 Å². The van der Waals surface area contributed by atoms with Crippen molar-refractivity contribution in [1.82, 2.24) is 5.32 Å². The van der Waals surface area contributed by atoms with Gasteiger partial charge in [-0.2, -0.15) is 0 Å². The number of hydrogen-bond acceptors (Lipinski definition) is 3. The third-order valence-electron chi connectivity index (χ3n) is 2.47. The first-order valence-electron chi connectivity index (χ1n) is 5.78. The van der Waals surface area contributed by atoms with Gasteiger partial charge in [-0.3, -0.25) is 4.79 Å². The molecule has 0 heterocycles. The number of halogens is 1. The molecule has 0 bridgehead atoms. The van der Waals surface area contributed by atoms with Crippen molar-refractivity contribution in [2.24, 2.45) is 0 Å². The Labute approximate surface area is 112 Å². The predicted octanol–water partition coefficient (Wildman–Crippen LogP) is 1.91. The summed E-state index contributed by atoms with van der Waals surface area (Å²) in [4.78, 5) is 11.7. The summed E-state index contributed by atoms with van der Waals surface area (Å²) in [5.74, 6) is 0.334. The summed E-state index contributed by atoms with van der Waals surface area (Å²) in [6, 6.07) is 4.94. The lowest BCUT2D eigenvalue weighted by Gasteiger charge is -2.17. The molecule has 0 fully saturated rings. The van der Waals surface area contributed by atoms with E-state index in [-0.39, 0.29) is 18.6 Å². The van der Waals surface area contributed by atoms with Gasteiger partial charge in [0.25, 0.3) is 5.91 Å². The van der Waals surface area contributed by atoms with E-state index in [1.165, 1.54) is 0 Å². The molecule has 4 nitrogen and oxygen atoms in total. The van der Waals surface area contributed by atoms with Gasteiger partial charge in [0.15, 0.2) is 6.10 Å². The van der Waals surface area contributed by atoms with Crippen LogP contribution in [0.4, 0.5) is 0 Å². The van der Waals surface area contributed by atoms with E-state index >= 15 is 0 Å². The van der Waals surface area contributed by atoms with Crippen LogP contribution in [-0.4, -0.2) is 29.8 Å². The molecule has 0 aliphatic rings. The molecule has 0 spiro atoms. The number of aliphatic hydroxyl groups excluding tert-OH is 1. The van der Waals surface area contributed by atoms with Crippen molar-refractivity contribution in [3.8, 4) is 5.75 Å². The largest absolute Gasteiger partial charge is 0.481 e. The molecule has 1 rings (SSSR count). The maximum absolute atomic E-state index is 11.7. The molecule has 0 aliphatic heterocycles. The van der Waals surface area contributed by atoms with Gasteiger partial charge in [-0.15, -0.1) is 0 Å². The Morgan fingerprint density at radius 2 is 2.17 bits per heavy atom. The minimum atomic E-state index is -0.625. The van der Waals surface area contributed by atoms with Crippen molar-refractivity contribution >= 4 is 17.5 Å². The summed E-state index contributed by atoms with van der Waals surface area (Å²) in [6.07, 6.45) is -0.625. The molecule has 0 saturated carbocycles. The van der Waals surface area contributed by atoms with Crippen molar-refractivity contribution in [1.29, 1.82) is 0 Å². The molecule has 2 N–H and O–H groups in total. The molecular weight excluding hydrogens is 254 g/mol. The second-order valence-electron chi connectivity index (χ2n) is 4.26. The van der Waals surface area contributed by atoms with E-state index in [1.54, 1.807) is 32.0 Å². The van der Waals surface area contributed by atoms with Crippen molar-refractivity contribution in [2.75, 3.05) is 6.61 Å². The van der Waals surface area contributed by atoms with E-state index in [0.29, 0.717) is 10.8 Å². The molecule has 0 aromatic heterocycles. The third-order valence-corrected chi connectivity index (χ3v) is 2.90. The Hall–Kier alpha value is -1.26. The summed E-state index contributed by atoms with van der Waals surface area (Å²) in [5, 5.41) is 12.1. The molecular formula is C13H18ClNO3. The standard InChI is InChI=1S/C13H18ClNO3/c1-8-6-11(4-5-12(8)14)18-10(3)13(17)15-9(2)7-16/h4-6,9-10,16H,7H2,1-3H3,(H,15,17). The molecule has 2 unspecified atom stereocenters. The highest BCUT2D eigenvalue weighted by Gasteiger charge is 2.16. The molecule has 5 heteroatoms. The number of aliphatic hydroxyl groups is 1. The minimum absolute atomic E-state index is 0.0987. The lowest BCUT2D eigenvalue weighted by atomic mass is 10.2. The van der Waals surface area contributed by atoms with Gasteiger partial charge in [-0.1, -0.05) is 11.6 Å². The summed E-state index contributed by atoms with van der Waals surface area (Å²) in [7, 11) is 0. The van der Waals surface area contributed by atoms with E-state index in [4.69, 9.17) is 21.4 Å². The van der Waals surface area contributed by atoms with E-state index in [2.05, 4.69) is 5.32 Å². The first-order valence-corrected chi connectivity index (χ1v) is 6.16. The number of nitrogens with one attached hydrogen (secondary N) is 1. The average Bonchev–Trinajstić information content (AvgIpc) is 2.33. The molecule has 1 aromatic rings. The van der Waals surface area contributed by atoms with Crippen LogP contribution in [0.2, 0.25) is 5.02 Å². The van der Waals surface area contributed by atoms with E-state index in [1.807, 2.05) is 6.92 Å². The monoisotopic (exact) mass is 271 g/mol. The van der Waals surface area contributed by atoms with E-state index in [0.717, 1.165) is 5.56 Å². The number of rotatable bonds is 5. The van der Waals surface area contributed by atoms with E-state index in [9.17, 15) is 4.79 Å². The van der Waals surface area contributed by atoms with Gasteiger partial charge in [-0.05, 0) is 44.5 Å². The highest BCUT2D eigenvalue weighted by Crippen LogP contribution is 2.21. The molecule has 1 aromatic carbocycles. The van der Waals surface area contributed by atoms with Crippen LogP contribution >= 0.6 is 11.6 Å². The van der Waals surface area contributed by atoms with Gasteiger partial charge in [-0.25, -0.2) is 0 Å². The Kier molecular flexibility index (Phi) is 5.44. The van der Waals surface area contributed by atoms with Gasteiger partial charge < -0.3 is 15.2 Å². The fraction of sp³-hybridized carbons (Fsp3) is 0.462. The second-order valence-corrected chi connectivity index (χ2v) is 4.67. The topological polar surface area (TPSA) is 58.6 Å².